The van der Waals surface area contributed by atoms with E-state index in [-0.39, 0.29) is 5.96 Å². The molecule has 7 nitrogen and oxygen atoms in total. The fourth-order valence-electron chi connectivity index (χ4n) is 0.563. The average Bonchev–Trinajstić information content (AvgIpc) is 1.85. The summed E-state index contributed by atoms with van der Waals surface area (Å²) in [5.41, 5.74) is 5.00. The van der Waals surface area contributed by atoms with Crippen LogP contribution in [-0.4, -0.2) is 29.0 Å². The molecule has 1 atom stereocenters. The quantitative estimate of drug-likeness (QED) is 0.370. The lowest BCUT2D eigenvalue weighted by atomic mass is 10.3. The van der Waals surface area contributed by atoms with Crippen LogP contribution in [0.1, 0.15) is 0 Å². The number of nitro groups is 1. The molecule has 0 aliphatic carbocycles. The van der Waals surface area contributed by atoms with Crippen LogP contribution in [0.4, 0.5) is 0 Å². The van der Waals surface area contributed by atoms with Crippen LogP contribution >= 0.6 is 0 Å². The van der Waals surface area contributed by atoms with Gasteiger partial charge in [-0.3, -0.25) is 14.9 Å². The summed E-state index contributed by atoms with van der Waals surface area (Å²) in [6.07, 6.45) is 0.866. The molecular formula is C4H4N4O3. The first-order valence-corrected chi connectivity index (χ1v) is 2.67. The molecule has 2 N–H and O–H groups in total. The number of hydrogen-bond acceptors (Lipinski definition) is 5. The Labute approximate surface area is 60.8 Å². The molecule has 1 rings (SSSR count). The largest absolute Gasteiger partial charge is 0.368 e. The summed E-state index contributed by atoms with van der Waals surface area (Å²) >= 11 is 0. The Hall–Kier alpha value is -1.79. The number of rotatable bonds is 1. The molecule has 0 spiro atoms. The van der Waals surface area contributed by atoms with Gasteiger partial charge in [-0.1, -0.05) is 0 Å². The number of hydrogen-bond donors (Lipinski definition) is 1. The second-order valence-corrected chi connectivity index (χ2v) is 1.82. The summed E-state index contributed by atoms with van der Waals surface area (Å²) in [6.45, 7) is 0. The zero-order valence-electron chi connectivity index (χ0n) is 5.30. The normalized spacial score (nSPS) is 23.1. The highest BCUT2D eigenvalue weighted by atomic mass is 16.6. The number of amides is 1. The maximum Gasteiger partial charge on any atom is 0.329 e. The molecule has 7 heteroatoms. The molecule has 1 heterocycles. The molecule has 1 aliphatic heterocycles. The minimum Gasteiger partial charge on any atom is -0.368 e. The molecule has 0 fully saturated rings. The van der Waals surface area contributed by atoms with E-state index in [0.717, 1.165) is 6.21 Å². The number of guanidine groups is 1. The lowest BCUT2D eigenvalue weighted by Crippen LogP contribution is -2.35. The van der Waals surface area contributed by atoms with Gasteiger partial charge in [-0.2, -0.15) is 4.99 Å². The Balaban J connectivity index is 2.86. The van der Waals surface area contributed by atoms with Gasteiger partial charge < -0.3 is 5.73 Å². The van der Waals surface area contributed by atoms with E-state index in [1.54, 1.807) is 0 Å². The van der Waals surface area contributed by atoms with Crippen molar-refractivity contribution in [3.05, 3.63) is 10.1 Å². The van der Waals surface area contributed by atoms with Gasteiger partial charge in [0.25, 0.3) is 0 Å². The zero-order chi connectivity index (χ0) is 8.43. The fraction of sp³-hybridized carbons (Fsp3) is 0.250. The van der Waals surface area contributed by atoms with Crippen molar-refractivity contribution in [2.75, 3.05) is 0 Å². The number of nitrogens with two attached hydrogens (primary N) is 1. The average molecular weight is 156 g/mol. The van der Waals surface area contributed by atoms with Crippen molar-refractivity contribution < 1.29 is 9.72 Å². The predicted molar refractivity (Wildman–Crippen MR) is 35.9 cm³/mol. The lowest BCUT2D eigenvalue weighted by Gasteiger charge is -2.02. The van der Waals surface area contributed by atoms with Gasteiger partial charge in [0.2, 0.25) is 5.96 Å². The first kappa shape index (κ1) is 7.32. The summed E-state index contributed by atoms with van der Waals surface area (Å²) in [4.78, 5) is 26.3. The first-order chi connectivity index (χ1) is 5.11. The van der Waals surface area contributed by atoms with Crippen LogP contribution in [0, 0.1) is 10.1 Å². The third-order valence-electron chi connectivity index (χ3n) is 1.05. The van der Waals surface area contributed by atoms with Crippen LogP contribution in [0.15, 0.2) is 9.98 Å². The topological polar surface area (TPSA) is 111 Å². The molecule has 58 valence electrons. The maximum atomic E-state index is 10.6. The van der Waals surface area contributed by atoms with Crippen molar-refractivity contribution in [1.29, 1.82) is 0 Å². The monoisotopic (exact) mass is 156 g/mol. The van der Waals surface area contributed by atoms with E-state index in [4.69, 9.17) is 5.73 Å². The van der Waals surface area contributed by atoms with Crippen LogP contribution in [0.2, 0.25) is 0 Å². The second kappa shape index (κ2) is 2.45. The summed E-state index contributed by atoms with van der Waals surface area (Å²) in [7, 11) is 0. The van der Waals surface area contributed by atoms with Gasteiger partial charge in [-0.15, -0.1) is 0 Å². The molecule has 0 aromatic carbocycles. The molecule has 0 saturated carbocycles. The van der Waals surface area contributed by atoms with Crippen molar-refractivity contribution in [2.45, 2.75) is 6.04 Å². The van der Waals surface area contributed by atoms with E-state index in [1.807, 2.05) is 0 Å². The van der Waals surface area contributed by atoms with Gasteiger partial charge in [-0.25, -0.2) is 4.99 Å². The number of aliphatic imine (C=N–C) groups is 2. The second-order valence-electron chi connectivity index (χ2n) is 1.82. The highest BCUT2D eigenvalue weighted by molar-refractivity contribution is 6.09. The highest BCUT2D eigenvalue weighted by Crippen LogP contribution is 1.96. The van der Waals surface area contributed by atoms with Gasteiger partial charge in [-0.05, 0) is 0 Å². The van der Waals surface area contributed by atoms with Crippen LogP contribution in [0.25, 0.3) is 0 Å². The third kappa shape index (κ3) is 1.37. The molecule has 1 unspecified atom stereocenters. The van der Waals surface area contributed by atoms with Gasteiger partial charge in [0.05, 0.1) is 6.21 Å². The molecule has 0 saturated heterocycles. The third-order valence-corrected chi connectivity index (χ3v) is 1.05. The van der Waals surface area contributed by atoms with Gasteiger partial charge >= 0.3 is 11.9 Å². The Bertz CT molecular complexity index is 269. The van der Waals surface area contributed by atoms with E-state index in [9.17, 15) is 14.9 Å². The Kier molecular flexibility index (Phi) is 1.63. The Morgan fingerprint density at radius 2 is 2.36 bits per heavy atom. The smallest absolute Gasteiger partial charge is 0.329 e. The highest BCUT2D eigenvalue weighted by Gasteiger charge is 2.29. The predicted octanol–water partition coefficient (Wildman–Crippen LogP) is -1.44. The number of carbonyl (C=O) groups excluding carboxylic acids is 1. The summed E-state index contributed by atoms with van der Waals surface area (Å²) < 4.78 is 0. The van der Waals surface area contributed by atoms with Gasteiger partial charge in [0.15, 0.2) is 0 Å². The van der Waals surface area contributed by atoms with Crippen molar-refractivity contribution >= 4 is 18.1 Å². The fourth-order valence-corrected chi connectivity index (χ4v) is 0.563. The van der Waals surface area contributed by atoms with Crippen molar-refractivity contribution in [3.8, 4) is 0 Å². The van der Waals surface area contributed by atoms with Crippen LogP contribution < -0.4 is 5.73 Å². The van der Waals surface area contributed by atoms with E-state index >= 15 is 0 Å². The van der Waals surface area contributed by atoms with Gasteiger partial charge in [0.1, 0.15) is 0 Å². The van der Waals surface area contributed by atoms with E-state index < -0.39 is 16.9 Å². The Morgan fingerprint density at radius 3 is 2.82 bits per heavy atom. The molecule has 1 amide bonds. The molecule has 0 bridgehead atoms. The molecule has 1 aliphatic rings. The summed E-state index contributed by atoms with van der Waals surface area (Å²) in [5.74, 6) is -1.13. The van der Waals surface area contributed by atoms with Crippen LogP contribution in [-0.2, 0) is 4.79 Å². The molecular weight excluding hydrogens is 152 g/mol. The lowest BCUT2D eigenvalue weighted by molar-refractivity contribution is -0.487. The van der Waals surface area contributed by atoms with E-state index in [2.05, 4.69) is 9.98 Å². The van der Waals surface area contributed by atoms with Crippen LogP contribution in [0.5, 0.6) is 0 Å². The summed E-state index contributed by atoms with van der Waals surface area (Å²) in [6, 6.07) is -1.47. The van der Waals surface area contributed by atoms with Crippen LogP contribution in [0.3, 0.4) is 0 Å². The van der Waals surface area contributed by atoms with Crippen molar-refractivity contribution in [1.82, 2.24) is 0 Å². The zero-order valence-corrected chi connectivity index (χ0v) is 5.30. The van der Waals surface area contributed by atoms with Gasteiger partial charge in [0, 0.05) is 4.92 Å². The maximum absolute atomic E-state index is 10.6. The number of carbonyl (C=O) groups is 1. The van der Waals surface area contributed by atoms with E-state index in [1.165, 1.54) is 0 Å². The SMILES string of the molecule is NC1=NC(=O)C([N+](=O)[O-])C=N1. The Morgan fingerprint density at radius 1 is 1.73 bits per heavy atom. The van der Waals surface area contributed by atoms with Crippen molar-refractivity contribution in [3.63, 3.8) is 0 Å². The molecule has 0 aromatic rings. The number of nitrogens with zero attached hydrogens (tertiary/aromatic N) is 3. The minimum absolute atomic E-state index is 0.242. The summed E-state index contributed by atoms with van der Waals surface area (Å²) in [5, 5.41) is 10.1. The molecule has 0 radical (unpaired) electrons. The molecule has 0 aromatic heterocycles. The minimum atomic E-state index is -1.47. The first-order valence-electron chi connectivity index (χ1n) is 2.67. The van der Waals surface area contributed by atoms with Crippen molar-refractivity contribution in [2.24, 2.45) is 15.7 Å². The van der Waals surface area contributed by atoms with E-state index in [0.29, 0.717) is 0 Å². The standard InChI is InChI=1S/C4H4N4O3/c5-4-6-1-2(8(10)11)3(9)7-4/h1-2H,(H2,5,7,9). The molecule has 11 heavy (non-hydrogen) atoms.